The molecule has 0 radical (unpaired) electrons. The first kappa shape index (κ1) is 13.5. The lowest BCUT2D eigenvalue weighted by atomic mass is 10.3. The van der Waals surface area contributed by atoms with E-state index in [1.807, 2.05) is 0 Å². The Morgan fingerprint density at radius 2 is 2.00 bits per heavy atom. The molecule has 0 amide bonds. The van der Waals surface area contributed by atoms with Gasteiger partial charge in [-0.3, -0.25) is 14.4 Å². The van der Waals surface area contributed by atoms with E-state index >= 15 is 0 Å². The van der Waals surface area contributed by atoms with E-state index in [4.69, 9.17) is 0 Å². The van der Waals surface area contributed by atoms with Crippen LogP contribution in [0.3, 0.4) is 0 Å². The standard InChI is InChI=1S/C11H10N2O4S2/c1-12(19(16,17)11-6-3-7-18-11)9-4-2-5-10(8-9)13(14)15/h2-8H,1H3. The highest BCUT2D eigenvalue weighted by molar-refractivity contribution is 7.94. The van der Waals surface area contributed by atoms with Crippen molar-refractivity contribution in [1.29, 1.82) is 0 Å². The van der Waals surface area contributed by atoms with Gasteiger partial charge in [-0.2, -0.15) is 0 Å². The Labute approximate surface area is 114 Å². The molecule has 2 aromatic rings. The van der Waals surface area contributed by atoms with Crippen LogP contribution < -0.4 is 4.31 Å². The molecule has 6 nitrogen and oxygen atoms in total. The molecule has 0 spiro atoms. The molecule has 19 heavy (non-hydrogen) atoms. The number of nitro groups is 1. The van der Waals surface area contributed by atoms with E-state index < -0.39 is 14.9 Å². The smallest absolute Gasteiger partial charge is 0.268 e. The summed E-state index contributed by atoms with van der Waals surface area (Å²) in [4.78, 5) is 10.1. The van der Waals surface area contributed by atoms with Crippen LogP contribution in [0.4, 0.5) is 11.4 Å². The molecule has 8 heteroatoms. The minimum Gasteiger partial charge on any atom is -0.268 e. The second-order valence-electron chi connectivity index (χ2n) is 3.68. The zero-order valence-electron chi connectivity index (χ0n) is 9.89. The topological polar surface area (TPSA) is 80.5 Å². The maximum Gasteiger partial charge on any atom is 0.273 e. The molecule has 0 aliphatic heterocycles. The second-order valence-corrected chi connectivity index (χ2v) is 6.83. The van der Waals surface area contributed by atoms with Crippen molar-refractivity contribution >= 4 is 32.7 Å². The van der Waals surface area contributed by atoms with Gasteiger partial charge < -0.3 is 0 Å². The van der Waals surface area contributed by atoms with Crippen LogP contribution in [-0.2, 0) is 10.0 Å². The molecule has 0 fully saturated rings. The van der Waals surface area contributed by atoms with Crippen molar-refractivity contribution in [3.8, 4) is 0 Å². The highest BCUT2D eigenvalue weighted by atomic mass is 32.2. The van der Waals surface area contributed by atoms with Crippen molar-refractivity contribution < 1.29 is 13.3 Å². The van der Waals surface area contributed by atoms with Gasteiger partial charge in [-0.05, 0) is 17.5 Å². The minimum atomic E-state index is -3.66. The van der Waals surface area contributed by atoms with Gasteiger partial charge in [0.15, 0.2) is 0 Å². The minimum absolute atomic E-state index is 0.147. The van der Waals surface area contributed by atoms with E-state index in [0.717, 1.165) is 15.6 Å². The number of benzene rings is 1. The first-order chi connectivity index (χ1) is 8.93. The van der Waals surface area contributed by atoms with Gasteiger partial charge >= 0.3 is 0 Å². The van der Waals surface area contributed by atoms with Crippen LogP contribution in [0.15, 0.2) is 46.0 Å². The summed E-state index contributed by atoms with van der Waals surface area (Å²) in [5, 5.41) is 12.4. The summed E-state index contributed by atoms with van der Waals surface area (Å²) in [6.07, 6.45) is 0. The van der Waals surface area contributed by atoms with Crippen LogP contribution in [0.25, 0.3) is 0 Å². The Bertz CT molecular complexity index is 695. The van der Waals surface area contributed by atoms with Crippen molar-refractivity contribution in [2.45, 2.75) is 4.21 Å². The monoisotopic (exact) mass is 298 g/mol. The fourth-order valence-electron chi connectivity index (χ4n) is 1.49. The van der Waals surface area contributed by atoms with E-state index in [1.54, 1.807) is 11.4 Å². The summed E-state index contributed by atoms with van der Waals surface area (Å²) >= 11 is 1.10. The van der Waals surface area contributed by atoms with Gasteiger partial charge in [-0.1, -0.05) is 12.1 Å². The van der Waals surface area contributed by atoms with Gasteiger partial charge in [-0.25, -0.2) is 8.42 Å². The Balaban J connectivity index is 2.42. The van der Waals surface area contributed by atoms with Crippen molar-refractivity contribution in [2.24, 2.45) is 0 Å². The third kappa shape index (κ3) is 2.59. The maximum atomic E-state index is 12.2. The molecule has 0 bridgehead atoms. The van der Waals surface area contributed by atoms with Gasteiger partial charge in [-0.15, -0.1) is 11.3 Å². The molecular formula is C11H10N2O4S2. The molecule has 0 saturated carbocycles. The summed E-state index contributed by atoms with van der Waals surface area (Å²) < 4.78 is 25.7. The summed E-state index contributed by atoms with van der Waals surface area (Å²) in [7, 11) is -2.29. The van der Waals surface area contributed by atoms with Gasteiger partial charge in [0.2, 0.25) is 0 Å². The number of thiophene rings is 1. The molecular weight excluding hydrogens is 288 g/mol. The zero-order valence-corrected chi connectivity index (χ0v) is 11.5. The number of anilines is 1. The normalized spacial score (nSPS) is 11.2. The van der Waals surface area contributed by atoms with Gasteiger partial charge in [0, 0.05) is 19.2 Å². The number of non-ortho nitro benzene ring substituents is 1. The molecule has 1 heterocycles. The third-order valence-electron chi connectivity index (χ3n) is 2.51. The Kier molecular flexibility index (Phi) is 3.54. The lowest BCUT2D eigenvalue weighted by Gasteiger charge is -2.18. The maximum absolute atomic E-state index is 12.2. The molecule has 0 atom stereocenters. The van der Waals surface area contributed by atoms with Crippen LogP contribution in [0.5, 0.6) is 0 Å². The quantitative estimate of drug-likeness (QED) is 0.641. The lowest BCUT2D eigenvalue weighted by molar-refractivity contribution is -0.384. The first-order valence-corrected chi connectivity index (χ1v) is 7.52. The van der Waals surface area contributed by atoms with Gasteiger partial charge in [0.25, 0.3) is 15.7 Å². The van der Waals surface area contributed by atoms with E-state index in [1.165, 1.54) is 37.4 Å². The van der Waals surface area contributed by atoms with Crippen molar-refractivity contribution in [3.63, 3.8) is 0 Å². The first-order valence-electron chi connectivity index (χ1n) is 5.20. The molecule has 0 unspecified atom stereocenters. The molecule has 1 aromatic carbocycles. The molecule has 0 aliphatic carbocycles. The summed E-state index contributed by atoms with van der Waals surface area (Å²) in [5.41, 5.74) is 0.105. The van der Waals surface area contributed by atoms with Crippen LogP contribution in [0, 0.1) is 10.1 Å². The fourth-order valence-corrected chi connectivity index (χ4v) is 3.83. The van der Waals surface area contributed by atoms with E-state index in [-0.39, 0.29) is 15.6 Å². The fraction of sp³-hybridized carbons (Fsp3) is 0.0909. The molecule has 0 aliphatic rings. The Hall–Kier alpha value is -1.93. The van der Waals surface area contributed by atoms with E-state index in [9.17, 15) is 18.5 Å². The average Bonchev–Trinajstić information content (AvgIpc) is 2.92. The number of hydrogen-bond donors (Lipinski definition) is 0. The average molecular weight is 298 g/mol. The lowest BCUT2D eigenvalue weighted by Crippen LogP contribution is -2.25. The molecule has 100 valence electrons. The summed E-state index contributed by atoms with van der Waals surface area (Å²) in [6.45, 7) is 0. The zero-order chi connectivity index (χ0) is 14.0. The SMILES string of the molecule is CN(c1cccc([N+](=O)[O-])c1)S(=O)(=O)c1cccs1. The van der Waals surface area contributed by atoms with Crippen molar-refractivity contribution in [2.75, 3.05) is 11.4 Å². The van der Waals surface area contributed by atoms with Crippen LogP contribution in [-0.4, -0.2) is 20.4 Å². The Morgan fingerprint density at radius 1 is 1.26 bits per heavy atom. The third-order valence-corrected chi connectivity index (χ3v) is 5.67. The van der Waals surface area contributed by atoms with Crippen LogP contribution in [0.1, 0.15) is 0 Å². The van der Waals surface area contributed by atoms with Crippen LogP contribution in [0.2, 0.25) is 0 Å². The number of hydrogen-bond acceptors (Lipinski definition) is 5. The molecule has 0 saturated heterocycles. The Morgan fingerprint density at radius 3 is 2.58 bits per heavy atom. The van der Waals surface area contributed by atoms with Gasteiger partial charge in [0.05, 0.1) is 10.6 Å². The number of sulfonamides is 1. The molecule has 2 rings (SSSR count). The van der Waals surface area contributed by atoms with Crippen LogP contribution >= 0.6 is 11.3 Å². The number of rotatable bonds is 4. The number of nitrogens with zero attached hydrogens (tertiary/aromatic N) is 2. The van der Waals surface area contributed by atoms with Crippen molar-refractivity contribution in [3.05, 3.63) is 51.9 Å². The number of nitro benzene ring substituents is 1. The predicted molar refractivity (Wildman–Crippen MR) is 73.0 cm³/mol. The summed E-state index contributed by atoms with van der Waals surface area (Å²) in [5.74, 6) is 0. The summed E-state index contributed by atoms with van der Waals surface area (Å²) in [6, 6.07) is 8.64. The van der Waals surface area contributed by atoms with E-state index in [0.29, 0.717) is 0 Å². The van der Waals surface area contributed by atoms with Gasteiger partial charge in [0.1, 0.15) is 4.21 Å². The highest BCUT2D eigenvalue weighted by Crippen LogP contribution is 2.27. The highest BCUT2D eigenvalue weighted by Gasteiger charge is 2.23. The largest absolute Gasteiger partial charge is 0.273 e. The predicted octanol–water partition coefficient (Wildman–Crippen LogP) is 2.48. The van der Waals surface area contributed by atoms with Crippen molar-refractivity contribution in [1.82, 2.24) is 0 Å². The van der Waals surface area contributed by atoms with E-state index in [2.05, 4.69) is 0 Å². The molecule has 0 N–H and O–H groups in total. The second kappa shape index (κ2) is 4.98. The molecule has 1 aromatic heterocycles.